The lowest BCUT2D eigenvalue weighted by Gasteiger charge is -2.36. The van der Waals surface area contributed by atoms with Gasteiger partial charge in [-0.3, -0.25) is 4.90 Å². The van der Waals surface area contributed by atoms with E-state index < -0.39 is 0 Å². The molecule has 0 radical (unpaired) electrons. The van der Waals surface area contributed by atoms with Crippen molar-refractivity contribution in [2.75, 3.05) is 7.05 Å². The van der Waals surface area contributed by atoms with Gasteiger partial charge in [0, 0.05) is 16.2 Å². The molecule has 1 aromatic rings. The molecule has 2 atom stereocenters. The zero-order chi connectivity index (χ0) is 12.3. The van der Waals surface area contributed by atoms with Crippen molar-refractivity contribution >= 4 is 22.6 Å². The lowest BCUT2D eigenvalue weighted by atomic mass is 9.85. The van der Waals surface area contributed by atoms with Crippen molar-refractivity contribution in [3.63, 3.8) is 0 Å². The minimum absolute atomic E-state index is 0.781. The van der Waals surface area contributed by atoms with Gasteiger partial charge in [-0.15, -0.1) is 0 Å². The maximum atomic E-state index is 2.55. The molecule has 0 N–H and O–H groups in total. The Morgan fingerprint density at radius 3 is 2.47 bits per heavy atom. The molecule has 0 bridgehead atoms. The van der Waals surface area contributed by atoms with E-state index in [4.69, 9.17) is 0 Å². The molecule has 1 aliphatic carbocycles. The number of benzene rings is 1. The molecule has 1 fully saturated rings. The molecule has 17 heavy (non-hydrogen) atoms. The molecular formula is C15H22IN. The van der Waals surface area contributed by atoms with E-state index in [1.165, 1.54) is 34.8 Å². The molecule has 0 aromatic heterocycles. The molecular weight excluding hydrogens is 321 g/mol. The summed E-state index contributed by atoms with van der Waals surface area (Å²) in [4.78, 5) is 2.55. The number of hydrogen-bond donors (Lipinski definition) is 0. The zero-order valence-electron chi connectivity index (χ0n) is 10.8. The summed E-state index contributed by atoms with van der Waals surface area (Å²) >= 11 is 2.36. The summed E-state index contributed by atoms with van der Waals surface area (Å²) in [6.07, 6.45) is 5.62. The van der Waals surface area contributed by atoms with Crippen molar-refractivity contribution in [1.29, 1.82) is 0 Å². The Morgan fingerprint density at radius 2 is 1.82 bits per heavy atom. The highest BCUT2D eigenvalue weighted by atomic mass is 127. The average molecular weight is 343 g/mol. The lowest BCUT2D eigenvalue weighted by Crippen LogP contribution is -2.38. The fourth-order valence-corrected chi connectivity index (χ4v) is 3.31. The van der Waals surface area contributed by atoms with Crippen LogP contribution < -0.4 is 0 Å². The lowest BCUT2D eigenvalue weighted by molar-refractivity contribution is 0.133. The van der Waals surface area contributed by atoms with Crippen molar-refractivity contribution in [3.05, 3.63) is 33.4 Å². The smallest absolute Gasteiger partial charge is 0.0233 e. The van der Waals surface area contributed by atoms with E-state index >= 15 is 0 Å². The molecule has 1 aromatic carbocycles. The third-order valence-corrected chi connectivity index (χ3v) is 4.70. The Hall–Kier alpha value is -0.0900. The second-order valence-corrected chi connectivity index (χ2v) is 6.62. The first-order valence-electron chi connectivity index (χ1n) is 6.61. The Balaban J connectivity index is 1.95. The second kappa shape index (κ2) is 6.19. The van der Waals surface area contributed by atoms with Gasteiger partial charge in [-0.25, -0.2) is 0 Å². The Labute approximate surface area is 119 Å². The summed E-state index contributed by atoms with van der Waals surface area (Å²) in [7, 11) is 2.28. The average Bonchev–Trinajstić information content (AvgIpc) is 2.32. The Morgan fingerprint density at radius 1 is 1.18 bits per heavy atom. The minimum atomic E-state index is 0.781. The van der Waals surface area contributed by atoms with Crippen LogP contribution in [-0.2, 0) is 6.54 Å². The van der Waals surface area contributed by atoms with Crippen LogP contribution >= 0.6 is 22.6 Å². The van der Waals surface area contributed by atoms with E-state index in [-0.39, 0.29) is 0 Å². The Kier molecular flexibility index (Phi) is 4.86. The van der Waals surface area contributed by atoms with E-state index in [0.29, 0.717) is 0 Å². The van der Waals surface area contributed by atoms with Gasteiger partial charge in [-0.2, -0.15) is 0 Å². The third-order valence-electron chi connectivity index (χ3n) is 3.98. The first-order valence-corrected chi connectivity index (χ1v) is 7.69. The van der Waals surface area contributed by atoms with Gasteiger partial charge in [0.15, 0.2) is 0 Å². The van der Waals surface area contributed by atoms with E-state index in [2.05, 4.69) is 65.7 Å². The topological polar surface area (TPSA) is 3.24 Å². The van der Waals surface area contributed by atoms with Crippen LogP contribution in [0.5, 0.6) is 0 Å². The summed E-state index contributed by atoms with van der Waals surface area (Å²) in [5.41, 5.74) is 1.44. The first-order chi connectivity index (χ1) is 8.16. The van der Waals surface area contributed by atoms with Crippen LogP contribution in [0.1, 0.15) is 38.2 Å². The third kappa shape index (κ3) is 3.68. The van der Waals surface area contributed by atoms with Gasteiger partial charge in [-0.05, 0) is 66.1 Å². The normalized spacial score (nSPS) is 25.2. The number of nitrogens with zero attached hydrogens (tertiary/aromatic N) is 1. The molecule has 0 spiro atoms. The molecule has 1 saturated carbocycles. The maximum Gasteiger partial charge on any atom is 0.0233 e. The van der Waals surface area contributed by atoms with Crippen LogP contribution in [-0.4, -0.2) is 18.0 Å². The van der Waals surface area contributed by atoms with E-state index in [9.17, 15) is 0 Å². The molecule has 1 aliphatic rings. The fourth-order valence-electron chi connectivity index (χ4n) is 2.95. The first kappa shape index (κ1) is 13.3. The van der Waals surface area contributed by atoms with E-state index in [1.54, 1.807) is 0 Å². The van der Waals surface area contributed by atoms with Gasteiger partial charge in [0.05, 0.1) is 0 Å². The number of halogens is 1. The predicted octanol–water partition coefficient (Wildman–Crippen LogP) is 4.30. The molecule has 0 amide bonds. The van der Waals surface area contributed by atoms with Crippen LogP contribution in [0.25, 0.3) is 0 Å². The minimum Gasteiger partial charge on any atom is -0.299 e. The highest BCUT2D eigenvalue weighted by Gasteiger charge is 2.24. The predicted molar refractivity (Wildman–Crippen MR) is 82.0 cm³/mol. The molecule has 0 heterocycles. The van der Waals surface area contributed by atoms with Gasteiger partial charge in [0.25, 0.3) is 0 Å². The van der Waals surface area contributed by atoms with E-state index in [1.807, 2.05) is 0 Å². The molecule has 94 valence electrons. The molecule has 1 nitrogen and oxygen atoms in total. The van der Waals surface area contributed by atoms with Gasteiger partial charge in [0.1, 0.15) is 0 Å². The second-order valence-electron chi connectivity index (χ2n) is 5.37. The zero-order valence-corrected chi connectivity index (χ0v) is 13.0. The standard InChI is InChI=1S/C15H22IN/c1-12-5-3-4-6-15(12)17(2)11-13-7-9-14(16)10-8-13/h7-10,12,15H,3-6,11H2,1-2H3. The van der Waals surface area contributed by atoms with Crippen molar-refractivity contribution < 1.29 is 0 Å². The van der Waals surface area contributed by atoms with Gasteiger partial charge >= 0.3 is 0 Å². The van der Waals surface area contributed by atoms with Gasteiger partial charge in [0.2, 0.25) is 0 Å². The molecule has 2 rings (SSSR count). The molecule has 2 unspecified atom stereocenters. The van der Waals surface area contributed by atoms with Crippen LogP contribution in [0.4, 0.5) is 0 Å². The van der Waals surface area contributed by atoms with Crippen LogP contribution in [0.15, 0.2) is 24.3 Å². The summed E-state index contributed by atoms with van der Waals surface area (Å²) in [6, 6.07) is 9.70. The summed E-state index contributed by atoms with van der Waals surface area (Å²) in [6.45, 7) is 3.50. The largest absolute Gasteiger partial charge is 0.299 e. The van der Waals surface area contributed by atoms with Crippen molar-refractivity contribution in [3.8, 4) is 0 Å². The monoisotopic (exact) mass is 343 g/mol. The number of hydrogen-bond acceptors (Lipinski definition) is 1. The van der Waals surface area contributed by atoms with Crippen LogP contribution in [0.3, 0.4) is 0 Å². The summed E-state index contributed by atoms with van der Waals surface area (Å²) in [5.74, 6) is 0.859. The van der Waals surface area contributed by atoms with Crippen molar-refractivity contribution in [2.45, 2.75) is 45.2 Å². The maximum absolute atomic E-state index is 2.55. The summed E-state index contributed by atoms with van der Waals surface area (Å²) < 4.78 is 1.32. The van der Waals surface area contributed by atoms with Crippen LogP contribution in [0, 0.1) is 9.49 Å². The highest BCUT2D eigenvalue weighted by Crippen LogP contribution is 2.28. The molecule has 2 heteroatoms. The fraction of sp³-hybridized carbons (Fsp3) is 0.600. The molecule has 0 aliphatic heterocycles. The van der Waals surface area contributed by atoms with Gasteiger partial charge in [-0.1, -0.05) is 31.9 Å². The SMILES string of the molecule is CC1CCCCC1N(C)Cc1ccc(I)cc1. The van der Waals surface area contributed by atoms with E-state index in [0.717, 1.165) is 18.5 Å². The highest BCUT2D eigenvalue weighted by molar-refractivity contribution is 14.1. The molecule has 0 saturated heterocycles. The number of rotatable bonds is 3. The summed E-state index contributed by atoms with van der Waals surface area (Å²) in [5, 5.41) is 0. The van der Waals surface area contributed by atoms with Crippen LogP contribution in [0.2, 0.25) is 0 Å². The van der Waals surface area contributed by atoms with Crippen molar-refractivity contribution in [2.24, 2.45) is 5.92 Å². The van der Waals surface area contributed by atoms with Crippen molar-refractivity contribution in [1.82, 2.24) is 4.90 Å². The Bertz CT molecular complexity index is 346. The van der Waals surface area contributed by atoms with Gasteiger partial charge < -0.3 is 0 Å². The quantitative estimate of drug-likeness (QED) is 0.740.